The van der Waals surface area contributed by atoms with E-state index in [4.69, 9.17) is 22.1 Å². The van der Waals surface area contributed by atoms with Crippen molar-refractivity contribution in [3.63, 3.8) is 0 Å². The van der Waals surface area contributed by atoms with Gasteiger partial charge in [0, 0.05) is 6.07 Å². The molecule has 0 unspecified atom stereocenters. The lowest BCUT2D eigenvalue weighted by Gasteiger charge is -2.09. The predicted molar refractivity (Wildman–Crippen MR) is 56.6 cm³/mol. The first-order valence-electron chi connectivity index (χ1n) is 3.86. The van der Waals surface area contributed by atoms with Gasteiger partial charge in [0.1, 0.15) is 10.6 Å². The molecule has 0 amide bonds. The van der Waals surface area contributed by atoms with Gasteiger partial charge < -0.3 is 10.5 Å². The maximum absolute atomic E-state index is 11.4. The zero-order chi connectivity index (χ0) is 11.6. The Morgan fingerprint density at radius 2 is 1.93 bits per heavy atom. The van der Waals surface area contributed by atoms with Gasteiger partial charge in [0.25, 0.3) is 10.1 Å². The van der Waals surface area contributed by atoms with Crippen LogP contribution in [0.15, 0.2) is 17.0 Å². The van der Waals surface area contributed by atoms with Gasteiger partial charge >= 0.3 is 0 Å². The number of hydrogen-bond donors (Lipinski definition) is 1. The third-order valence-corrected chi connectivity index (χ3v) is 3.51. The smallest absolute Gasteiger partial charge is 0.298 e. The molecule has 15 heavy (non-hydrogen) atoms. The van der Waals surface area contributed by atoms with Crippen LogP contribution in [0.5, 0.6) is 5.75 Å². The Kier molecular flexibility index (Phi) is 3.43. The first kappa shape index (κ1) is 12.1. The molecule has 84 valence electrons. The van der Waals surface area contributed by atoms with E-state index >= 15 is 0 Å². The summed E-state index contributed by atoms with van der Waals surface area (Å²) in [7, 11) is -1.42. The second-order valence-corrected chi connectivity index (χ2v) is 4.73. The van der Waals surface area contributed by atoms with Crippen LogP contribution < -0.4 is 10.5 Å². The highest BCUT2D eigenvalue weighted by molar-refractivity contribution is 7.86. The van der Waals surface area contributed by atoms with Crippen molar-refractivity contribution in [1.29, 1.82) is 0 Å². The maximum Gasteiger partial charge on any atom is 0.298 e. The zero-order valence-corrected chi connectivity index (χ0v) is 9.72. The molecule has 0 aliphatic heterocycles. The standard InChI is InChI=1S/C8H10ClNO4S/c1-13-7-4-8(15(11,12)14-2)5(9)3-6(7)10/h3-4H,10H2,1-2H3. The van der Waals surface area contributed by atoms with Crippen molar-refractivity contribution in [2.45, 2.75) is 4.90 Å². The lowest BCUT2D eigenvalue weighted by Crippen LogP contribution is -2.05. The van der Waals surface area contributed by atoms with E-state index in [-0.39, 0.29) is 21.4 Å². The molecule has 1 rings (SSSR count). The quantitative estimate of drug-likeness (QED) is 0.646. The van der Waals surface area contributed by atoms with Crippen LogP contribution in [-0.2, 0) is 14.3 Å². The van der Waals surface area contributed by atoms with Gasteiger partial charge in [-0.05, 0) is 6.07 Å². The van der Waals surface area contributed by atoms with Gasteiger partial charge in [0.05, 0.1) is 24.9 Å². The Labute approximate surface area is 92.9 Å². The normalized spacial score (nSPS) is 11.4. The summed E-state index contributed by atoms with van der Waals surface area (Å²) in [5.74, 6) is 0.232. The second kappa shape index (κ2) is 4.26. The number of halogens is 1. The summed E-state index contributed by atoms with van der Waals surface area (Å²) in [6.07, 6.45) is 0. The summed E-state index contributed by atoms with van der Waals surface area (Å²) in [4.78, 5) is -0.169. The number of anilines is 1. The van der Waals surface area contributed by atoms with Crippen molar-refractivity contribution >= 4 is 27.4 Å². The van der Waals surface area contributed by atoms with Gasteiger partial charge in [0.2, 0.25) is 0 Å². The van der Waals surface area contributed by atoms with Crippen LogP contribution in [0.25, 0.3) is 0 Å². The molecule has 1 aromatic carbocycles. The first-order valence-corrected chi connectivity index (χ1v) is 5.64. The lowest BCUT2D eigenvalue weighted by molar-refractivity contribution is 0.395. The number of nitrogen functional groups attached to an aromatic ring is 1. The highest BCUT2D eigenvalue weighted by Crippen LogP contribution is 2.32. The molecule has 0 saturated carbocycles. The Bertz CT molecular complexity index is 472. The average molecular weight is 252 g/mol. The molecule has 0 bridgehead atoms. The van der Waals surface area contributed by atoms with Gasteiger partial charge in [0.15, 0.2) is 0 Å². The van der Waals surface area contributed by atoms with E-state index in [1.165, 1.54) is 19.2 Å². The third kappa shape index (κ3) is 2.34. The molecule has 5 nitrogen and oxygen atoms in total. The minimum absolute atomic E-state index is 0.00449. The zero-order valence-electron chi connectivity index (χ0n) is 8.15. The Morgan fingerprint density at radius 1 is 1.33 bits per heavy atom. The van der Waals surface area contributed by atoms with E-state index < -0.39 is 10.1 Å². The Balaban J connectivity index is 3.44. The summed E-state index contributed by atoms with van der Waals surface area (Å²) < 4.78 is 32.0. The summed E-state index contributed by atoms with van der Waals surface area (Å²) in [5, 5.41) is -0.00449. The van der Waals surface area contributed by atoms with Crippen LogP contribution >= 0.6 is 11.6 Å². The van der Waals surface area contributed by atoms with E-state index in [0.29, 0.717) is 0 Å². The van der Waals surface area contributed by atoms with Crippen LogP contribution in [0.3, 0.4) is 0 Å². The summed E-state index contributed by atoms with van der Waals surface area (Å²) in [6.45, 7) is 0. The molecule has 0 radical (unpaired) electrons. The van der Waals surface area contributed by atoms with Crippen LogP contribution in [0.4, 0.5) is 5.69 Å². The summed E-state index contributed by atoms with van der Waals surface area (Å²) in [6, 6.07) is 2.52. The molecule has 0 aromatic heterocycles. The van der Waals surface area contributed by atoms with Crippen molar-refractivity contribution in [3.8, 4) is 5.75 Å². The number of benzene rings is 1. The average Bonchev–Trinajstić information content (AvgIpc) is 2.17. The van der Waals surface area contributed by atoms with Crippen molar-refractivity contribution in [1.82, 2.24) is 0 Å². The van der Waals surface area contributed by atoms with Crippen molar-refractivity contribution < 1.29 is 17.3 Å². The molecular formula is C8H10ClNO4S. The van der Waals surface area contributed by atoms with E-state index in [1.54, 1.807) is 0 Å². The van der Waals surface area contributed by atoms with E-state index in [2.05, 4.69) is 4.18 Å². The highest BCUT2D eigenvalue weighted by Gasteiger charge is 2.19. The number of rotatable bonds is 3. The number of methoxy groups -OCH3 is 1. The van der Waals surface area contributed by atoms with Crippen molar-refractivity contribution in [2.24, 2.45) is 0 Å². The van der Waals surface area contributed by atoms with Gasteiger partial charge in [-0.2, -0.15) is 8.42 Å². The Hall–Kier alpha value is -0.980. The summed E-state index contributed by atoms with van der Waals surface area (Å²) in [5.41, 5.74) is 5.80. The van der Waals surface area contributed by atoms with Crippen LogP contribution in [0.2, 0.25) is 5.02 Å². The molecule has 0 heterocycles. The SMILES string of the molecule is COc1cc(S(=O)(=O)OC)c(Cl)cc1N. The second-order valence-electron chi connectivity index (χ2n) is 2.65. The van der Waals surface area contributed by atoms with Crippen LogP contribution in [0.1, 0.15) is 0 Å². The third-order valence-electron chi connectivity index (χ3n) is 1.77. The van der Waals surface area contributed by atoms with Crippen molar-refractivity contribution in [3.05, 3.63) is 17.2 Å². The van der Waals surface area contributed by atoms with E-state index in [1.807, 2.05) is 0 Å². The minimum atomic E-state index is -3.85. The van der Waals surface area contributed by atoms with Gasteiger partial charge in [-0.1, -0.05) is 11.6 Å². The number of nitrogens with two attached hydrogens (primary N) is 1. The molecule has 0 fully saturated rings. The van der Waals surface area contributed by atoms with E-state index in [0.717, 1.165) is 7.11 Å². The van der Waals surface area contributed by atoms with Crippen LogP contribution in [-0.4, -0.2) is 22.6 Å². The molecule has 0 saturated heterocycles. The largest absolute Gasteiger partial charge is 0.495 e. The molecule has 0 aliphatic carbocycles. The fraction of sp³-hybridized carbons (Fsp3) is 0.250. The fourth-order valence-corrected chi connectivity index (χ4v) is 2.19. The Morgan fingerprint density at radius 3 is 2.40 bits per heavy atom. The van der Waals surface area contributed by atoms with Crippen molar-refractivity contribution in [2.75, 3.05) is 20.0 Å². The first-order chi connectivity index (χ1) is 6.92. The molecule has 7 heteroatoms. The van der Waals surface area contributed by atoms with Gasteiger partial charge in [-0.15, -0.1) is 0 Å². The monoisotopic (exact) mass is 251 g/mol. The fourth-order valence-electron chi connectivity index (χ4n) is 1.01. The van der Waals surface area contributed by atoms with E-state index in [9.17, 15) is 8.42 Å². The molecule has 0 atom stereocenters. The minimum Gasteiger partial charge on any atom is -0.495 e. The topological polar surface area (TPSA) is 78.6 Å². The number of hydrogen-bond acceptors (Lipinski definition) is 5. The van der Waals surface area contributed by atoms with Gasteiger partial charge in [-0.3, -0.25) is 4.18 Å². The molecule has 0 aliphatic rings. The molecule has 2 N–H and O–H groups in total. The van der Waals surface area contributed by atoms with Gasteiger partial charge in [-0.25, -0.2) is 0 Å². The maximum atomic E-state index is 11.4. The molecular weight excluding hydrogens is 242 g/mol. The molecule has 1 aromatic rings. The number of ether oxygens (including phenoxy) is 1. The molecule has 0 spiro atoms. The lowest BCUT2D eigenvalue weighted by atomic mass is 10.3. The predicted octanol–water partition coefficient (Wildman–Crippen LogP) is 1.27. The van der Waals surface area contributed by atoms with Crippen LogP contribution in [0, 0.1) is 0 Å². The summed E-state index contributed by atoms with van der Waals surface area (Å²) >= 11 is 5.73. The highest BCUT2D eigenvalue weighted by atomic mass is 35.5.